The van der Waals surface area contributed by atoms with Gasteiger partial charge in [0.05, 0.1) is 0 Å². The topological polar surface area (TPSA) is 0 Å². The van der Waals surface area contributed by atoms with Gasteiger partial charge in [-0.15, -0.1) is 0 Å². The van der Waals surface area contributed by atoms with Gasteiger partial charge in [-0.1, -0.05) is 84.0 Å². The van der Waals surface area contributed by atoms with Gasteiger partial charge in [0.2, 0.25) is 0 Å². The van der Waals surface area contributed by atoms with Crippen molar-refractivity contribution in [2.24, 2.45) is 17.8 Å². The smallest absolute Gasteiger partial charge is 0.0386 e. The van der Waals surface area contributed by atoms with Crippen LogP contribution in [-0.2, 0) is 0 Å². The van der Waals surface area contributed by atoms with E-state index in [1.807, 2.05) is 0 Å². The molecular weight excluding hydrogens is 216 g/mol. The molecule has 106 valence electrons. The first-order valence-electron chi connectivity index (χ1n) is 8.90. The Morgan fingerprint density at radius 1 is 0.667 bits per heavy atom. The number of hydrogen-bond acceptors (Lipinski definition) is 0. The zero-order valence-corrected chi connectivity index (χ0v) is 12.6. The summed E-state index contributed by atoms with van der Waals surface area (Å²) in [5, 5.41) is 0. The predicted molar refractivity (Wildman–Crippen MR) is 80.8 cm³/mol. The first-order valence-corrected chi connectivity index (χ1v) is 8.90. The summed E-state index contributed by atoms with van der Waals surface area (Å²) in [5.74, 6) is 3.35. The lowest BCUT2D eigenvalue weighted by atomic mass is 9.70. The second-order valence-electron chi connectivity index (χ2n) is 7.03. The van der Waals surface area contributed by atoms with E-state index in [0.29, 0.717) is 0 Å². The molecule has 0 bridgehead atoms. The van der Waals surface area contributed by atoms with Crippen molar-refractivity contribution in [3.05, 3.63) is 0 Å². The third-order valence-electron chi connectivity index (χ3n) is 5.67. The highest BCUT2D eigenvalue weighted by Crippen LogP contribution is 2.40. The third kappa shape index (κ3) is 4.59. The van der Waals surface area contributed by atoms with Gasteiger partial charge in [-0.05, 0) is 30.6 Å². The summed E-state index contributed by atoms with van der Waals surface area (Å²) in [7, 11) is 0. The zero-order chi connectivity index (χ0) is 12.6. The Bertz CT molecular complexity index is 194. The van der Waals surface area contributed by atoms with E-state index < -0.39 is 0 Å². The Kier molecular flexibility index (Phi) is 6.59. The molecule has 0 unspecified atom stereocenters. The zero-order valence-electron chi connectivity index (χ0n) is 12.6. The van der Waals surface area contributed by atoms with Crippen molar-refractivity contribution < 1.29 is 0 Å². The van der Waals surface area contributed by atoms with Crippen LogP contribution in [-0.4, -0.2) is 0 Å². The molecule has 0 N–H and O–H groups in total. The Morgan fingerprint density at radius 2 is 1.33 bits per heavy atom. The van der Waals surface area contributed by atoms with Crippen LogP contribution in [0.4, 0.5) is 0 Å². The summed E-state index contributed by atoms with van der Waals surface area (Å²) in [5.41, 5.74) is 0. The lowest BCUT2D eigenvalue weighted by Gasteiger charge is -2.36. The van der Waals surface area contributed by atoms with Crippen LogP contribution in [0.25, 0.3) is 0 Å². The molecule has 0 spiro atoms. The second-order valence-corrected chi connectivity index (χ2v) is 7.03. The fourth-order valence-electron chi connectivity index (χ4n) is 4.41. The Hall–Kier alpha value is 0. The summed E-state index contributed by atoms with van der Waals surface area (Å²) in [6.07, 6.45) is 21.3. The molecule has 2 aliphatic rings. The highest BCUT2D eigenvalue weighted by Gasteiger charge is 2.28. The van der Waals surface area contributed by atoms with E-state index in [1.54, 1.807) is 38.5 Å². The minimum Gasteiger partial charge on any atom is -0.0654 e. The van der Waals surface area contributed by atoms with Gasteiger partial charge in [0, 0.05) is 0 Å². The van der Waals surface area contributed by atoms with Gasteiger partial charge in [0.15, 0.2) is 0 Å². The maximum atomic E-state index is 2.31. The van der Waals surface area contributed by atoms with Gasteiger partial charge in [-0.3, -0.25) is 0 Å². The largest absolute Gasteiger partial charge is 0.0654 e. The molecule has 0 aromatic carbocycles. The summed E-state index contributed by atoms with van der Waals surface area (Å²) < 4.78 is 0. The highest BCUT2D eigenvalue weighted by atomic mass is 14.3. The van der Waals surface area contributed by atoms with Crippen LogP contribution in [0, 0.1) is 17.8 Å². The van der Waals surface area contributed by atoms with Crippen molar-refractivity contribution >= 4 is 0 Å². The molecule has 0 aromatic rings. The van der Waals surface area contributed by atoms with Crippen LogP contribution in [0.1, 0.15) is 96.8 Å². The van der Waals surface area contributed by atoms with E-state index in [-0.39, 0.29) is 0 Å². The van der Waals surface area contributed by atoms with E-state index in [0.717, 1.165) is 17.8 Å². The van der Waals surface area contributed by atoms with E-state index >= 15 is 0 Å². The molecule has 2 rings (SSSR count). The highest BCUT2D eigenvalue weighted by molar-refractivity contribution is 4.79. The molecule has 2 aliphatic carbocycles. The Balaban J connectivity index is 1.58. The molecule has 0 aromatic heterocycles. The lowest BCUT2D eigenvalue weighted by molar-refractivity contribution is 0.162. The first-order chi connectivity index (χ1) is 8.90. The summed E-state index contributed by atoms with van der Waals surface area (Å²) >= 11 is 0. The molecule has 0 radical (unpaired) electrons. The number of unbranched alkanes of at least 4 members (excludes halogenated alkanes) is 3. The Labute approximate surface area is 115 Å². The van der Waals surface area contributed by atoms with E-state index in [4.69, 9.17) is 0 Å². The first kappa shape index (κ1) is 14.4. The summed E-state index contributed by atoms with van der Waals surface area (Å²) in [6, 6.07) is 0. The van der Waals surface area contributed by atoms with E-state index in [1.165, 1.54) is 51.4 Å². The van der Waals surface area contributed by atoms with Crippen LogP contribution < -0.4 is 0 Å². The molecule has 0 aliphatic heterocycles. The summed E-state index contributed by atoms with van der Waals surface area (Å²) in [6.45, 7) is 2.31. The predicted octanol–water partition coefficient (Wildman–Crippen LogP) is 6.34. The quantitative estimate of drug-likeness (QED) is 0.482. The lowest BCUT2D eigenvalue weighted by Crippen LogP contribution is -2.23. The van der Waals surface area contributed by atoms with Crippen molar-refractivity contribution in [1.29, 1.82) is 0 Å². The molecule has 0 heteroatoms. The van der Waals surface area contributed by atoms with Crippen molar-refractivity contribution in [2.45, 2.75) is 96.8 Å². The maximum absolute atomic E-state index is 2.31. The summed E-state index contributed by atoms with van der Waals surface area (Å²) in [4.78, 5) is 0. The van der Waals surface area contributed by atoms with Gasteiger partial charge >= 0.3 is 0 Å². The van der Waals surface area contributed by atoms with Gasteiger partial charge < -0.3 is 0 Å². The second kappa shape index (κ2) is 8.23. The molecule has 0 nitrogen and oxygen atoms in total. The van der Waals surface area contributed by atoms with Gasteiger partial charge in [-0.25, -0.2) is 0 Å². The van der Waals surface area contributed by atoms with E-state index in [9.17, 15) is 0 Å². The Morgan fingerprint density at radius 3 is 2.00 bits per heavy atom. The molecule has 2 saturated carbocycles. The van der Waals surface area contributed by atoms with Gasteiger partial charge in [0.1, 0.15) is 0 Å². The molecule has 0 heterocycles. The van der Waals surface area contributed by atoms with Crippen molar-refractivity contribution in [3.63, 3.8) is 0 Å². The van der Waals surface area contributed by atoms with Gasteiger partial charge in [0.25, 0.3) is 0 Å². The minimum atomic E-state index is 1.10. The monoisotopic (exact) mass is 250 g/mol. The molecule has 0 amide bonds. The average Bonchev–Trinajstić information content (AvgIpc) is 2.45. The molecule has 18 heavy (non-hydrogen) atoms. The number of rotatable bonds is 6. The molecular formula is C18H34. The van der Waals surface area contributed by atoms with Crippen LogP contribution in [0.5, 0.6) is 0 Å². The fraction of sp³-hybridized carbons (Fsp3) is 1.00. The third-order valence-corrected chi connectivity index (χ3v) is 5.67. The minimum absolute atomic E-state index is 1.10. The van der Waals surface area contributed by atoms with Crippen LogP contribution >= 0.6 is 0 Å². The molecule has 2 fully saturated rings. The SMILES string of the molecule is CCCCCCC1CCC(C2CCCCC2)CC1. The normalized spacial score (nSPS) is 30.5. The molecule has 0 saturated heterocycles. The molecule has 0 atom stereocenters. The van der Waals surface area contributed by atoms with Crippen molar-refractivity contribution in [1.82, 2.24) is 0 Å². The average molecular weight is 250 g/mol. The van der Waals surface area contributed by atoms with Gasteiger partial charge in [-0.2, -0.15) is 0 Å². The maximum Gasteiger partial charge on any atom is -0.0386 e. The van der Waals surface area contributed by atoms with Crippen LogP contribution in [0.2, 0.25) is 0 Å². The van der Waals surface area contributed by atoms with Crippen LogP contribution in [0.3, 0.4) is 0 Å². The van der Waals surface area contributed by atoms with Crippen LogP contribution in [0.15, 0.2) is 0 Å². The van der Waals surface area contributed by atoms with E-state index in [2.05, 4.69) is 6.92 Å². The number of hydrogen-bond donors (Lipinski definition) is 0. The van der Waals surface area contributed by atoms with Crippen molar-refractivity contribution in [2.75, 3.05) is 0 Å². The standard InChI is InChI=1S/C18H34/c1-2-3-4-6-9-16-12-14-18(15-13-16)17-10-7-5-8-11-17/h16-18H,2-15H2,1H3. The fourth-order valence-corrected chi connectivity index (χ4v) is 4.41. The van der Waals surface area contributed by atoms with Crippen molar-refractivity contribution in [3.8, 4) is 0 Å².